The molecule has 2 heterocycles. The van der Waals surface area contributed by atoms with E-state index < -0.39 is 0 Å². The van der Waals surface area contributed by atoms with Crippen molar-refractivity contribution in [2.45, 2.75) is 32.1 Å². The number of fused-ring (bicyclic) bond motifs is 1. The summed E-state index contributed by atoms with van der Waals surface area (Å²) in [5, 5.41) is 3.56. The van der Waals surface area contributed by atoms with Gasteiger partial charge in [-0.25, -0.2) is 9.97 Å². The zero-order valence-electron chi connectivity index (χ0n) is 11.2. The van der Waals surface area contributed by atoms with Gasteiger partial charge in [-0.3, -0.25) is 0 Å². The molecule has 2 aliphatic rings. The minimum absolute atomic E-state index is 0.760. The van der Waals surface area contributed by atoms with E-state index in [2.05, 4.69) is 27.2 Å². The lowest BCUT2D eigenvalue weighted by Gasteiger charge is -2.30. The average molecular weight is 246 g/mol. The largest absolute Gasteiger partial charge is 0.369 e. The Labute approximate surface area is 109 Å². The highest BCUT2D eigenvalue weighted by Gasteiger charge is 2.20. The van der Waals surface area contributed by atoms with Gasteiger partial charge in [0, 0.05) is 24.3 Å². The molecule has 98 valence electrons. The molecule has 0 radical (unpaired) electrons. The molecule has 1 aliphatic heterocycles. The lowest BCUT2D eigenvalue weighted by Crippen LogP contribution is -2.35. The first kappa shape index (κ1) is 11.9. The number of nitrogens with one attached hydrogen (secondary N) is 1. The second-order valence-corrected chi connectivity index (χ2v) is 5.65. The molecule has 1 atom stereocenters. The molecule has 0 spiro atoms. The van der Waals surface area contributed by atoms with Gasteiger partial charge in [0.2, 0.25) is 0 Å². The van der Waals surface area contributed by atoms with E-state index in [1.54, 1.807) is 6.33 Å². The highest BCUT2D eigenvalue weighted by atomic mass is 15.1. The highest BCUT2D eigenvalue weighted by molar-refractivity contribution is 5.47. The summed E-state index contributed by atoms with van der Waals surface area (Å²) in [4.78, 5) is 11.2. The molecule has 0 amide bonds. The zero-order valence-corrected chi connectivity index (χ0v) is 11.2. The molecule has 1 fully saturated rings. The van der Waals surface area contributed by atoms with Gasteiger partial charge >= 0.3 is 0 Å². The number of rotatable bonds is 3. The Kier molecular flexibility index (Phi) is 3.46. The van der Waals surface area contributed by atoms with Gasteiger partial charge in [0.25, 0.3) is 0 Å². The van der Waals surface area contributed by atoms with Crippen molar-refractivity contribution in [2.75, 3.05) is 32.0 Å². The third-order valence-corrected chi connectivity index (χ3v) is 4.16. The van der Waals surface area contributed by atoms with Gasteiger partial charge in [0.1, 0.15) is 12.1 Å². The predicted octanol–water partition coefficient (Wildman–Crippen LogP) is 1.72. The lowest BCUT2D eigenvalue weighted by molar-refractivity contribution is 0.217. The summed E-state index contributed by atoms with van der Waals surface area (Å²) in [6, 6.07) is 0. The second kappa shape index (κ2) is 5.22. The Morgan fingerprint density at radius 1 is 1.33 bits per heavy atom. The van der Waals surface area contributed by atoms with Crippen molar-refractivity contribution in [3.63, 3.8) is 0 Å². The summed E-state index contributed by atoms with van der Waals surface area (Å²) in [5.74, 6) is 1.85. The molecule has 1 aliphatic carbocycles. The van der Waals surface area contributed by atoms with E-state index in [0.717, 1.165) is 31.1 Å². The van der Waals surface area contributed by atoms with Crippen molar-refractivity contribution in [2.24, 2.45) is 5.92 Å². The number of hydrogen-bond donors (Lipinski definition) is 1. The van der Waals surface area contributed by atoms with Crippen LogP contribution in [0.2, 0.25) is 0 Å². The fourth-order valence-electron chi connectivity index (χ4n) is 3.19. The number of aryl methyl sites for hydroxylation is 1. The highest BCUT2D eigenvalue weighted by Crippen LogP contribution is 2.25. The zero-order chi connectivity index (χ0) is 12.4. The van der Waals surface area contributed by atoms with Gasteiger partial charge in [0.05, 0.1) is 0 Å². The average Bonchev–Trinajstić information content (AvgIpc) is 2.85. The molecule has 1 N–H and O–H groups in total. The Morgan fingerprint density at radius 3 is 3.17 bits per heavy atom. The van der Waals surface area contributed by atoms with E-state index in [1.165, 1.54) is 43.6 Å². The van der Waals surface area contributed by atoms with Crippen molar-refractivity contribution < 1.29 is 0 Å². The normalized spacial score (nSPS) is 23.9. The van der Waals surface area contributed by atoms with Crippen LogP contribution in [0.15, 0.2) is 6.33 Å². The maximum atomic E-state index is 4.42. The van der Waals surface area contributed by atoms with E-state index in [9.17, 15) is 0 Å². The number of anilines is 1. The van der Waals surface area contributed by atoms with Crippen LogP contribution < -0.4 is 5.32 Å². The van der Waals surface area contributed by atoms with E-state index in [4.69, 9.17) is 0 Å². The van der Waals surface area contributed by atoms with Gasteiger partial charge in [-0.05, 0) is 51.6 Å². The van der Waals surface area contributed by atoms with Crippen LogP contribution in [0, 0.1) is 5.92 Å². The quantitative estimate of drug-likeness (QED) is 0.881. The standard InChI is InChI=1S/C14H22N4/c1-18-7-3-4-11(9-18)8-15-14-12-5-2-6-13(12)16-10-17-14/h10-11H,2-9H2,1H3,(H,15,16,17). The minimum Gasteiger partial charge on any atom is -0.369 e. The molecule has 1 saturated heterocycles. The van der Waals surface area contributed by atoms with Crippen LogP contribution in [-0.2, 0) is 12.8 Å². The van der Waals surface area contributed by atoms with Crippen LogP contribution in [-0.4, -0.2) is 41.5 Å². The van der Waals surface area contributed by atoms with Crippen LogP contribution in [0.4, 0.5) is 5.82 Å². The molecule has 0 bridgehead atoms. The summed E-state index contributed by atoms with van der Waals surface area (Å²) >= 11 is 0. The molecule has 4 nitrogen and oxygen atoms in total. The van der Waals surface area contributed by atoms with E-state index >= 15 is 0 Å². The fraction of sp³-hybridized carbons (Fsp3) is 0.714. The number of likely N-dealkylation sites (tertiary alicyclic amines) is 1. The van der Waals surface area contributed by atoms with Crippen molar-refractivity contribution in [3.8, 4) is 0 Å². The molecule has 0 aromatic carbocycles. The lowest BCUT2D eigenvalue weighted by atomic mass is 9.98. The van der Waals surface area contributed by atoms with Crippen LogP contribution in [0.1, 0.15) is 30.5 Å². The van der Waals surface area contributed by atoms with Crippen LogP contribution in [0.25, 0.3) is 0 Å². The van der Waals surface area contributed by atoms with Crippen LogP contribution >= 0.6 is 0 Å². The van der Waals surface area contributed by atoms with Gasteiger partial charge in [-0.1, -0.05) is 0 Å². The SMILES string of the molecule is CN1CCCC(CNc2ncnc3c2CCC3)C1. The Balaban J connectivity index is 1.61. The molecule has 4 heteroatoms. The van der Waals surface area contributed by atoms with Crippen molar-refractivity contribution in [1.29, 1.82) is 0 Å². The Hall–Kier alpha value is -1.16. The molecule has 1 unspecified atom stereocenters. The van der Waals surface area contributed by atoms with Crippen molar-refractivity contribution in [1.82, 2.24) is 14.9 Å². The Bertz CT molecular complexity index is 418. The van der Waals surface area contributed by atoms with Crippen molar-refractivity contribution in [3.05, 3.63) is 17.6 Å². The molecule has 18 heavy (non-hydrogen) atoms. The summed E-state index contributed by atoms with van der Waals surface area (Å²) in [6.07, 6.45) is 7.87. The summed E-state index contributed by atoms with van der Waals surface area (Å²) in [7, 11) is 2.22. The molecule has 0 saturated carbocycles. The fourth-order valence-corrected chi connectivity index (χ4v) is 3.19. The Morgan fingerprint density at radius 2 is 2.28 bits per heavy atom. The van der Waals surface area contributed by atoms with Gasteiger partial charge in [0.15, 0.2) is 0 Å². The van der Waals surface area contributed by atoms with Gasteiger partial charge < -0.3 is 10.2 Å². The number of piperidine rings is 1. The van der Waals surface area contributed by atoms with Gasteiger partial charge in [-0.2, -0.15) is 0 Å². The van der Waals surface area contributed by atoms with Crippen molar-refractivity contribution >= 4 is 5.82 Å². The molecule has 1 aromatic rings. The van der Waals surface area contributed by atoms with E-state index in [-0.39, 0.29) is 0 Å². The monoisotopic (exact) mass is 246 g/mol. The van der Waals surface area contributed by atoms with E-state index in [0.29, 0.717) is 0 Å². The number of nitrogens with zero attached hydrogens (tertiary/aromatic N) is 3. The number of aromatic nitrogens is 2. The smallest absolute Gasteiger partial charge is 0.132 e. The summed E-state index contributed by atoms with van der Waals surface area (Å²) < 4.78 is 0. The molecular weight excluding hydrogens is 224 g/mol. The maximum Gasteiger partial charge on any atom is 0.132 e. The first-order valence-corrected chi connectivity index (χ1v) is 7.08. The molecular formula is C14H22N4. The summed E-state index contributed by atoms with van der Waals surface area (Å²) in [5.41, 5.74) is 2.62. The van der Waals surface area contributed by atoms with Gasteiger partial charge in [-0.15, -0.1) is 0 Å². The molecule has 3 rings (SSSR count). The predicted molar refractivity (Wildman–Crippen MR) is 72.8 cm³/mol. The third kappa shape index (κ3) is 2.48. The van der Waals surface area contributed by atoms with Crippen LogP contribution in [0.5, 0.6) is 0 Å². The topological polar surface area (TPSA) is 41.0 Å². The maximum absolute atomic E-state index is 4.42. The first-order valence-electron chi connectivity index (χ1n) is 7.08. The third-order valence-electron chi connectivity index (χ3n) is 4.16. The number of hydrogen-bond acceptors (Lipinski definition) is 4. The van der Waals surface area contributed by atoms with E-state index in [1.807, 2.05) is 0 Å². The minimum atomic E-state index is 0.760. The first-order chi connectivity index (χ1) is 8.83. The van der Waals surface area contributed by atoms with Crippen LogP contribution in [0.3, 0.4) is 0 Å². The second-order valence-electron chi connectivity index (χ2n) is 5.65. The molecule has 1 aromatic heterocycles. The summed E-state index contributed by atoms with van der Waals surface area (Å²) in [6.45, 7) is 3.51.